The number of hydrogen-bond donors (Lipinski definition) is 1. The number of nitrogens with one attached hydrogen (secondary N) is 1. The van der Waals surface area contributed by atoms with E-state index in [1.54, 1.807) is 18.3 Å². The first-order valence-electron chi connectivity index (χ1n) is 14.6. The predicted octanol–water partition coefficient (Wildman–Crippen LogP) is 2.71. The monoisotopic (exact) mass is 630 g/mol. The van der Waals surface area contributed by atoms with E-state index in [-0.39, 0.29) is 43.6 Å². The number of fused-ring (bicyclic) bond motifs is 1. The first-order valence-corrected chi connectivity index (χ1v) is 16.8. The van der Waals surface area contributed by atoms with E-state index in [1.807, 2.05) is 25.1 Å². The second kappa shape index (κ2) is 13.9. The van der Waals surface area contributed by atoms with Gasteiger partial charge in [0.25, 0.3) is 5.91 Å². The number of benzene rings is 2. The van der Waals surface area contributed by atoms with Crippen molar-refractivity contribution in [2.75, 3.05) is 83.6 Å². The highest BCUT2D eigenvalue weighted by molar-refractivity contribution is 7.89. The minimum absolute atomic E-state index is 0.120. The molecule has 2 saturated heterocycles. The molecule has 2 aliphatic rings. The van der Waals surface area contributed by atoms with Crippen molar-refractivity contribution in [3.8, 4) is 5.75 Å². The normalized spacial score (nSPS) is 16.8. The molecule has 2 amide bonds. The van der Waals surface area contributed by atoms with Gasteiger partial charge in [-0.25, -0.2) is 18.2 Å². The summed E-state index contributed by atoms with van der Waals surface area (Å²) in [5, 5.41) is 3.96. The number of rotatable bonds is 10. The van der Waals surface area contributed by atoms with Gasteiger partial charge in [0.15, 0.2) is 5.13 Å². The molecule has 1 N–H and O–H groups in total. The van der Waals surface area contributed by atoms with Gasteiger partial charge in [-0.1, -0.05) is 11.3 Å². The minimum Gasteiger partial charge on any atom is -0.494 e. The fourth-order valence-corrected chi connectivity index (χ4v) is 7.60. The Balaban J connectivity index is 1.05. The smallest absolute Gasteiger partial charge is 0.409 e. The Morgan fingerprint density at radius 1 is 0.930 bits per heavy atom. The van der Waals surface area contributed by atoms with Crippen LogP contribution in [-0.4, -0.2) is 118 Å². The molecule has 0 unspecified atom stereocenters. The molecule has 3 aromatic rings. The summed E-state index contributed by atoms with van der Waals surface area (Å²) in [6, 6.07) is 12.0. The van der Waals surface area contributed by atoms with Gasteiger partial charge in [-0.3, -0.25) is 9.69 Å². The summed E-state index contributed by atoms with van der Waals surface area (Å²) >= 11 is 1.68. The van der Waals surface area contributed by atoms with Gasteiger partial charge in [-0.15, -0.1) is 0 Å². The molecule has 0 atom stereocenters. The molecule has 1 aromatic heterocycles. The number of carbonyl (C=O) groups excluding carboxylic acids is 2. The van der Waals surface area contributed by atoms with Gasteiger partial charge in [0.05, 0.1) is 28.3 Å². The van der Waals surface area contributed by atoms with Crippen molar-refractivity contribution in [2.24, 2.45) is 0 Å². The van der Waals surface area contributed by atoms with Crippen molar-refractivity contribution in [1.82, 2.24) is 24.4 Å². The summed E-state index contributed by atoms with van der Waals surface area (Å²) in [7, 11) is -3.73. The maximum atomic E-state index is 13.1. The summed E-state index contributed by atoms with van der Waals surface area (Å²) in [4.78, 5) is 35.7. The summed E-state index contributed by atoms with van der Waals surface area (Å²) in [6.07, 6.45) is -0.432. The summed E-state index contributed by atoms with van der Waals surface area (Å²) < 4.78 is 39.3. The van der Waals surface area contributed by atoms with Gasteiger partial charge in [0.2, 0.25) is 10.0 Å². The molecule has 2 aromatic carbocycles. The van der Waals surface area contributed by atoms with E-state index < -0.39 is 16.1 Å². The number of nitrogens with zero attached hydrogens (tertiary/aromatic N) is 5. The Hall–Kier alpha value is -3.46. The van der Waals surface area contributed by atoms with Crippen LogP contribution in [0.25, 0.3) is 10.2 Å². The zero-order valence-electron chi connectivity index (χ0n) is 24.5. The molecular formula is C29H38N6O6S2. The number of thiazole rings is 1. The molecule has 0 saturated carbocycles. The SMILES string of the molecule is CCOC(=O)N1CCN(S(=O)(=O)c2ccc(C(=O)NCCN3CCN(c4nc5ccc(OCC)cc5s4)CC3)cc2)CC1. The van der Waals surface area contributed by atoms with E-state index in [0.29, 0.717) is 18.7 Å². The van der Waals surface area contributed by atoms with Crippen molar-refractivity contribution < 1.29 is 27.5 Å². The fourth-order valence-electron chi connectivity index (χ4n) is 5.13. The molecule has 0 spiro atoms. The quantitative estimate of drug-likeness (QED) is 0.360. The van der Waals surface area contributed by atoms with E-state index in [9.17, 15) is 18.0 Å². The Bertz CT molecular complexity index is 1510. The third kappa shape index (κ3) is 7.37. The lowest BCUT2D eigenvalue weighted by atomic mass is 10.2. The number of amides is 2. The van der Waals surface area contributed by atoms with Gasteiger partial charge in [0, 0.05) is 71.0 Å². The van der Waals surface area contributed by atoms with E-state index in [0.717, 1.165) is 53.8 Å². The Kier molecular flexibility index (Phi) is 10.0. The molecule has 3 heterocycles. The number of hydrogen-bond acceptors (Lipinski definition) is 10. The van der Waals surface area contributed by atoms with Crippen LogP contribution in [0, 0.1) is 0 Å². The Labute approximate surface area is 256 Å². The van der Waals surface area contributed by atoms with Crippen LogP contribution in [-0.2, 0) is 14.8 Å². The highest BCUT2D eigenvalue weighted by Gasteiger charge is 2.30. The molecule has 0 aliphatic carbocycles. The minimum atomic E-state index is -3.73. The largest absolute Gasteiger partial charge is 0.494 e. The second-order valence-corrected chi connectivity index (χ2v) is 13.2. The number of carbonyl (C=O) groups is 2. The first-order chi connectivity index (χ1) is 20.8. The molecular weight excluding hydrogens is 592 g/mol. The van der Waals surface area contributed by atoms with Crippen molar-refractivity contribution in [1.29, 1.82) is 0 Å². The van der Waals surface area contributed by atoms with E-state index in [2.05, 4.69) is 15.1 Å². The molecule has 5 rings (SSSR count). The Morgan fingerprint density at radius 3 is 2.33 bits per heavy atom. The van der Waals surface area contributed by atoms with Crippen molar-refractivity contribution in [3.63, 3.8) is 0 Å². The number of ether oxygens (including phenoxy) is 2. The van der Waals surface area contributed by atoms with Crippen molar-refractivity contribution in [3.05, 3.63) is 48.0 Å². The zero-order chi connectivity index (χ0) is 30.4. The maximum absolute atomic E-state index is 13.1. The third-order valence-electron chi connectivity index (χ3n) is 7.53. The average molecular weight is 631 g/mol. The van der Waals surface area contributed by atoms with Crippen LogP contribution in [0.3, 0.4) is 0 Å². The lowest BCUT2D eigenvalue weighted by Gasteiger charge is -2.34. The second-order valence-electron chi connectivity index (χ2n) is 10.3. The van der Waals surface area contributed by atoms with E-state index >= 15 is 0 Å². The molecule has 2 aliphatic heterocycles. The average Bonchev–Trinajstić information content (AvgIpc) is 3.45. The maximum Gasteiger partial charge on any atom is 0.409 e. The summed E-state index contributed by atoms with van der Waals surface area (Å²) in [5.41, 5.74) is 1.38. The Morgan fingerprint density at radius 2 is 1.65 bits per heavy atom. The third-order valence-corrected chi connectivity index (χ3v) is 10.5. The topological polar surface area (TPSA) is 125 Å². The van der Waals surface area contributed by atoms with Crippen LogP contribution in [0.2, 0.25) is 0 Å². The van der Waals surface area contributed by atoms with Crippen LogP contribution in [0.1, 0.15) is 24.2 Å². The van der Waals surface area contributed by atoms with Gasteiger partial charge < -0.3 is 24.6 Å². The van der Waals surface area contributed by atoms with E-state index in [4.69, 9.17) is 14.5 Å². The van der Waals surface area contributed by atoms with Crippen molar-refractivity contribution >= 4 is 48.7 Å². The summed E-state index contributed by atoms with van der Waals surface area (Å²) in [5.74, 6) is 0.618. The molecule has 232 valence electrons. The molecule has 14 heteroatoms. The highest BCUT2D eigenvalue weighted by atomic mass is 32.2. The van der Waals surface area contributed by atoms with Crippen molar-refractivity contribution in [2.45, 2.75) is 18.7 Å². The standard InChI is InChI=1S/C29H38N6O6S2/c1-3-40-23-7-10-25-26(21-23)42-28(31-25)33-15-13-32(14-16-33)12-11-30-27(36)22-5-8-24(9-6-22)43(38,39)35-19-17-34(18-20-35)29(37)41-4-2/h5-10,21H,3-4,11-20H2,1-2H3,(H,30,36). The number of sulfonamides is 1. The van der Waals surface area contributed by atoms with Crippen LogP contribution >= 0.6 is 11.3 Å². The van der Waals surface area contributed by atoms with Crippen LogP contribution < -0.4 is 15.0 Å². The van der Waals surface area contributed by atoms with Crippen LogP contribution in [0.5, 0.6) is 5.75 Å². The molecule has 12 nitrogen and oxygen atoms in total. The first kappa shape index (κ1) is 31.0. The van der Waals surface area contributed by atoms with Gasteiger partial charge >= 0.3 is 6.09 Å². The predicted molar refractivity (Wildman–Crippen MR) is 166 cm³/mol. The number of anilines is 1. The molecule has 0 radical (unpaired) electrons. The summed E-state index contributed by atoms with van der Waals surface area (Å²) in [6.45, 7) is 10.2. The molecule has 0 bridgehead atoms. The van der Waals surface area contributed by atoms with Gasteiger partial charge in [0.1, 0.15) is 5.75 Å². The van der Waals surface area contributed by atoms with Gasteiger partial charge in [-0.05, 0) is 56.3 Å². The lowest BCUT2D eigenvalue weighted by molar-refractivity contribution is 0.0932. The van der Waals surface area contributed by atoms with Crippen LogP contribution in [0.15, 0.2) is 47.4 Å². The van der Waals surface area contributed by atoms with Gasteiger partial charge in [-0.2, -0.15) is 4.31 Å². The van der Waals surface area contributed by atoms with E-state index in [1.165, 1.54) is 33.5 Å². The van der Waals surface area contributed by atoms with Crippen LogP contribution in [0.4, 0.5) is 9.93 Å². The number of aromatic nitrogens is 1. The zero-order valence-corrected chi connectivity index (χ0v) is 26.2. The fraction of sp³-hybridized carbons (Fsp3) is 0.483. The highest BCUT2D eigenvalue weighted by Crippen LogP contribution is 2.32. The molecule has 2 fully saturated rings. The lowest BCUT2D eigenvalue weighted by Crippen LogP contribution is -2.50. The number of piperazine rings is 2. The molecule has 43 heavy (non-hydrogen) atoms.